The summed E-state index contributed by atoms with van der Waals surface area (Å²) in [6, 6.07) is 0.127. The molecule has 3 atom stereocenters. The molecule has 1 saturated carbocycles. The third kappa shape index (κ3) is 3.70. The molecular weight excluding hydrogens is 390 g/mol. The van der Waals surface area contributed by atoms with Crippen LogP contribution in [0.25, 0.3) is 10.2 Å². The van der Waals surface area contributed by atoms with Crippen LogP contribution < -0.4 is 10.9 Å². The summed E-state index contributed by atoms with van der Waals surface area (Å²) in [7, 11) is 0. The van der Waals surface area contributed by atoms with Gasteiger partial charge in [-0.25, -0.2) is 9.78 Å². The van der Waals surface area contributed by atoms with Gasteiger partial charge < -0.3 is 10.1 Å². The zero-order valence-electron chi connectivity index (χ0n) is 17.1. The summed E-state index contributed by atoms with van der Waals surface area (Å²) in [4.78, 5) is 43.1. The van der Waals surface area contributed by atoms with Crippen LogP contribution in [-0.2, 0) is 22.5 Å². The van der Waals surface area contributed by atoms with Gasteiger partial charge in [-0.2, -0.15) is 0 Å². The van der Waals surface area contributed by atoms with Gasteiger partial charge in [-0.3, -0.25) is 14.2 Å². The number of fused-ring (bicyclic) bond motifs is 2. The minimum absolute atomic E-state index is 0.0894. The molecule has 0 aromatic carbocycles. The zero-order valence-corrected chi connectivity index (χ0v) is 17.9. The zero-order chi connectivity index (χ0) is 20.7. The molecule has 156 valence electrons. The fourth-order valence-corrected chi connectivity index (χ4v) is 5.59. The number of carbonyl (C=O) groups excluding carboxylic acids is 2. The maximum Gasteiger partial charge on any atom is 0.349 e. The highest BCUT2D eigenvalue weighted by Crippen LogP contribution is 2.30. The molecule has 2 aromatic heterocycles. The first-order valence-corrected chi connectivity index (χ1v) is 11.2. The van der Waals surface area contributed by atoms with E-state index < -0.39 is 5.97 Å². The molecule has 3 heterocycles. The number of rotatable bonds is 4. The van der Waals surface area contributed by atoms with Crippen molar-refractivity contribution in [2.24, 2.45) is 11.8 Å². The van der Waals surface area contributed by atoms with Gasteiger partial charge in [-0.1, -0.05) is 26.7 Å². The van der Waals surface area contributed by atoms with E-state index in [1.807, 2.05) is 0 Å². The van der Waals surface area contributed by atoms with Crippen LogP contribution in [-0.4, -0.2) is 34.1 Å². The van der Waals surface area contributed by atoms with Crippen molar-refractivity contribution < 1.29 is 14.3 Å². The summed E-state index contributed by atoms with van der Waals surface area (Å²) in [6.07, 6.45) is 4.94. The molecule has 1 fully saturated rings. The van der Waals surface area contributed by atoms with Gasteiger partial charge in [0.25, 0.3) is 11.5 Å². The number of thiophene rings is 1. The van der Waals surface area contributed by atoms with E-state index in [0.29, 0.717) is 39.0 Å². The van der Waals surface area contributed by atoms with Crippen LogP contribution in [0.2, 0.25) is 0 Å². The minimum Gasteiger partial charge on any atom is -0.451 e. The molecule has 8 heteroatoms. The number of hydrogen-bond acceptors (Lipinski definition) is 6. The first-order valence-electron chi connectivity index (χ1n) is 10.4. The smallest absolute Gasteiger partial charge is 0.349 e. The van der Waals surface area contributed by atoms with Gasteiger partial charge in [0.1, 0.15) is 15.5 Å². The fourth-order valence-electron chi connectivity index (χ4n) is 4.50. The van der Waals surface area contributed by atoms with Crippen LogP contribution in [0.4, 0.5) is 0 Å². The van der Waals surface area contributed by atoms with E-state index in [4.69, 9.17) is 4.74 Å². The molecule has 4 rings (SSSR count). The molecule has 1 aliphatic carbocycles. The molecule has 2 aliphatic rings. The van der Waals surface area contributed by atoms with E-state index in [0.717, 1.165) is 31.5 Å². The van der Waals surface area contributed by atoms with Crippen molar-refractivity contribution in [3.8, 4) is 0 Å². The highest BCUT2D eigenvalue weighted by atomic mass is 32.1. The average Bonchev–Trinajstić information content (AvgIpc) is 3.29. The maximum absolute atomic E-state index is 12.7. The number of ether oxygens (including phenoxy) is 1. The Hall–Kier alpha value is -2.22. The predicted octanol–water partition coefficient (Wildman–Crippen LogP) is 2.81. The van der Waals surface area contributed by atoms with Crippen molar-refractivity contribution in [1.29, 1.82) is 0 Å². The van der Waals surface area contributed by atoms with E-state index in [2.05, 4.69) is 24.1 Å². The van der Waals surface area contributed by atoms with Crippen molar-refractivity contribution in [3.63, 3.8) is 0 Å². The number of esters is 1. The quantitative estimate of drug-likeness (QED) is 0.773. The van der Waals surface area contributed by atoms with Crippen molar-refractivity contribution in [2.45, 2.75) is 65.5 Å². The summed E-state index contributed by atoms with van der Waals surface area (Å²) >= 11 is 1.17. The molecule has 0 radical (unpaired) electrons. The molecule has 0 bridgehead atoms. The SMILES string of the molecule is Cc1c(C(=O)OCC(=O)N[C@H]2CCC[C@@H](C)[C@@H]2C)sc2nc3n(c(=O)c12)CCC3. The lowest BCUT2D eigenvalue weighted by Crippen LogP contribution is -2.45. The third-order valence-electron chi connectivity index (χ3n) is 6.48. The normalized spacial score (nSPS) is 23.8. The first kappa shape index (κ1) is 20.1. The van der Waals surface area contributed by atoms with Crippen LogP contribution in [0.5, 0.6) is 0 Å². The van der Waals surface area contributed by atoms with Crippen LogP contribution >= 0.6 is 11.3 Å². The number of aryl methyl sites for hydroxylation is 2. The summed E-state index contributed by atoms with van der Waals surface area (Å²) in [5, 5.41) is 3.50. The van der Waals surface area contributed by atoms with Crippen molar-refractivity contribution >= 4 is 33.4 Å². The molecule has 0 spiro atoms. The fraction of sp³-hybridized carbons (Fsp3) is 0.619. The van der Waals surface area contributed by atoms with E-state index >= 15 is 0 Å². The Bertz CT molecular complexity index is 1030. The molecule has 0 saturated heterocycles. The summed E-state index contributed by atoms with van der Waals surface area (Å²) in [5.74, 6) is 0.912. The summed E-state index contributed by atoms with van der Waals surface area (Å²) in [6.45, 7) is 6.47. The van der Waals surface area contributed by atoms with Crippen LogP contribution in [0.1, 0.15) is 60.6 Å². The lowest BCUT2D eigenvalue weighted by atomic mass is 9.78. The lowest BCUT2D eigenvalue weighted by molar-refractivity contribution is -0.125. The Balaban J connectivity index is 1.44. The number of amides is 1. The Labute approximate surface area is 173 Å². The van der Waals surface area contributed by atoms with Gasteiger partial charge in [0.05, 0.1) is 5.39 Å². The van der Waals surface area contributed by atoms with Gasteiger partial charge >= 0.3 is 5.97 Å². The molecule has 1 N–H and O–H groups in total. The van der Waals surface area contributed by atoms with Crippen molar-refractivity contribution in [3.05, 3.63) is 26.6 Å². The topological polar surface area (TPSA) is 90.3 Å². The van der Waals surface area contributed by atoms with E-state index in [1.54, 1.807) is 11.5 Å². The minimum atomic E-state index is -0.574. The lowest BCUT2D eigenvalue weighted by Gasteiger charge is -2.34. The van der Waals surface area contributed by atoms with Gasteiger partial charge in [0, 0.05) is 19.0 Å². The first-order chi connectivity index (χ1) is 13.9. The van der Waals surface area contributed by atoms with Gasteiger partial charge in [-0.15, -0.1) is 11.3 Å². The number of carbonyl (C=O) groups is 2. The maximum atomic E-state index is 12.7. The second kappa shape index (κ2) is 7.89. The van der Waals surface area contributed by atoms with Crippen molar-refractivity contribution in [2.75, 3.05) is 6.61 Å². The van der Waals surface area contributed by atoms with E-state index in [-0.39, 0.29) is 24.1 Å². The van der Waals surface area contributed by atoms with E-state index in [9.17, 15) is 14.4 Å². The van der Waals surface area contributed by atoms with Crippen molar-refractivity contribution in [1.82, 2.24) is 14.9 Å². The number of nitrogens with zero attached hydrogens (tertiary/aromatic N) is 2. The van der Waals surface area contributed by atoms with Crippen LogP contribution in [0.3, 0.4) is 0 Å². The molecule has 2 aromatic rings. The highest BCUT2D eigenvalue weighted by Gasteiger charge is 2.29. The molecule has 1 amide bonds. The summed E-state index contributed by atoms with van der Waals surface area (Å²) in [5.41, 5.74) is 0.498. The van der Waals surface area contributed by atoms with Crippen LogP contribution in [0.15, 0.2) is 4.79 Å². The second-order valence-corrected chi connectivity index (χ2v) is 9.34. The molecule has 29 heavy (non-hydrogen) atoms. The number of nitrogens with one attached hydrogen (secondary N) is 1. The number of hydrogen-bond donors (Lipinski definition) is 1. The molecule has 7 nitrogen and oxygen atoms in total. The second-order valence-electron chi connectivity index (χ2n) is 8.34. The molecular formula is C21H27N3O4S. The van der Waals surface area contributed by atoms with Gasteiger partial charge in [-0.05, 0) is 37.2 Å². The highest BCUT2D eigenvalue weighted by molar-refractivity contribution is 7.20. The average molecular weight is 418 g/mol. The Morgan fingerprint density at radius 2 is 2.07 bits per heavy atom. The third-order valence-corrected chi connectivity index (χ3v) is 7.65. The summed E-state index contributed by atoms with van der Waals surface area (Å²) < 4.78 is 6.96. The van der Waals surface area contributed by atoms with E-state index in [1.165, 1.54) is 17.8 Å². The molecule has 1 aliphatic heterocycles. The monoisotopic (exact) mass is 417 g/mol. The van der Waals surface area contributed by atoms with Crippen LogP contribution in [0, 0.1) is 18.8 Å². The standard InChI is InChI=1S/C21H27N3O4S/c1-11-6-4-7-14(12(11)2)22-16(25)10-28-21(27)18-13(3)17-19(29-18)23-15-8-5-9-24(15)20(17)26/h11-12,14H,4-10H2,1-3H3,(H,22,25)/t11-,12+,14+/m1/s1. The van der Waals surface area contributed by atoms with Gasteiger partial charge in [0.15, 0.2) is 6.61 Å². The largest absolute Gasteiger partial charge is 0.451 e. The van der Waals surface area contributed by atoms with Gasteiger partial charge in [0.2, 0.25) is 0 Å². The predicted molar refractivity (Wildman–Crippen MR) is 111 cm³/mol. The Morgan fingerprint density at radius 1 is 1.28 bits per heavy atom. The Morgan fingerprint density at radius 3 is 2.86 bits per heavy atom. The number of aromatic nitrogens is 2. The Kier molecular flexibility index (Phi) is 5.46. The molecule has 0 unspecified atom stereocenters.